The smallest absolute Gasteiger partial charge is 0.264 e. The number of thioether (sulfide) groups is 1. The van der Waals surface area contributed by atoms with Gasteiger partial charge < -0.3 is 10.1 Å². The number of hydrogen-bond donors (Lipinski definition) is 2. The summed E-state index contributed by atoms with van der Waals surface area (Å²) in [5.41, 5.74) is 0.521. The second kappa shape index (κ2) is 10.1. The SMILES string of the molecule is O=C(NCCSC1CCOCC1)c1cccc(NS(=O)(=O)c2ccccc2F)c1. The number of carbonyl (C=O) groups excluding carboxylic acids is 1. The molecule has 6 nitrogen and oxygen atoms in total. The quantitative estimate of drug-likeness (QED) is 0.618. The van der Waals surface area contributed by atoms with Gasteiger partial charge in [-0.2, -0.15) is 11.8 Å². The molecular formula is C20H23FN2O4S2. The Labute approximate surface area is 174 Å². The van der Waals surface area contributed by atoms with Gasteiger partial charge in [-0.05, 0) is 43.2 Å². The molecule has 0 bridgehead atoms. The zero-order chi connectivity index (χ0) is 20.7. The van der Waals surface area contributed by atoms with Crippen molar-refractivity contribution < 1.29 is 22.3 Å². The number of sulfonamides is 1. The number of hydrogen-bond acceptors (Lipinski definition) is 5. The van der Waals surface area contributed by atoms with E-state index in [0.29, 0.717) is 17.4 Å². The molecule has 1 heterocycles. The molecule has 0 saturated carbocycles. The molecule has 1 fully saturated rings. The minimum Gasteiger partial charge on any atom is -0.381 e. The number of amides is 1. The van der Waals surface area contributed by atoms with Crippen LogP contribution < -0.4 is 10.0 Å². The molecule has 9 heteroatoms. The van der Waals surface area contributed by atoms with Gasteiger partial charge >= 0.3 is 0 Å². The van der Waals surface area contributed by atoms with Crippen molar-refractivity contribution >= 4 is 33.4 Å². The van der Waals surface area contributed by atoms with Crippen LogP contribution in [0.5, 0.6) is 0 Å². The van der Waals surface area contributed by atoms with Crippen LogP contribution in [0.1, 0.15) is 23.2 Å². The van der Waals surface area contributed by atoms with Crippen LogP contribution in [0.4, 0.5) is 10.1 Å². The van der Waals surface area contributed by atoms with E-state index in [2.05, 4.69) is 10.0 Å². The average molecular weight is 439 g/mol. The molecule has 0 spiro atoms. The number of halogens is 1. The Morgan fingerprint density at radius 2 is 1.90 bits per heavy atom. The van der Waals surface area contributed by atoms with Crippen molar-refractivity contribution in [2.75, 3.05) is 30.2 Å². The van der Waals surface area contributed by atoms with Gasteiger partial charge in [0, 0.05) is 42.0 Å². The molecule has 29 heavy (non-hydrogen) atoms. The third-order valence-corrected chi connectivity index (χ3v) is 7.21. The van der Waals surface area contributed by atoms with Gasteiger partial charge in [-0.3, -0.25) is 9.52 Å². The fourth-order valence-corrected chi connectivity index (χ4v) is 5.14. The highest BCUT2D eigenvalue weighted by Crippen LogP contribution is 2.22. The number of benzene rings is 2. The Morgan fingerprint density at radius 3 is 2.66 bits per heavy atom. The predicted octanol–water partition coefficient (Wildman–Crippen LogP) is 3.27. The second-order valence-electron chi connectivity index (χ2n) is 6.56. The van der Waals surface area contributed by atoms with Gasteiger partial charge in [0.15, 0.2) is 0 Å². The zero-order valence-electron chi connectivity index (χ0n) is 15.8. The van der Waals surface area contributed by atoms with Crippen LogP contribution in [0.2, 0.25) is 0 Å². The van der Waals surface area contributed by atoms with Crippen molar-refractivity contribution in [2.45, 2.75) is 23.0 Å². The van der Waals surface area contributed by atoms with Crippen LogP contribution in [-0.2, 0) is 14.8 Å². The normalized spacial score (nSPS) is 15.1. The van der Waals surface area contributed by atoms with Crippen LogP contribution in [0.3, 0.4) is 0 Å². The molecule has 2 aromatic carbocycles. The van der Waals surface area contributed by atoms with Crippen LogP contribution in [0, 0.1) is 5.82 Å². The molecule has 0 radical (unpaired) electrons. The summed E-state index contributed by atoms with van der Waals surface area (Å²) >= 11 is 1.82. The van der Waals surface area contributed by atoms with E-state index >= 15 is 0 Å². The Kier molecular flexibility index (Phi) is 7.51. The van der Waals surface area contributed by atoms with Crippen LogP contribution in [-0.4, -0.2) is 45.1 Å². The number of nitrogens with one attached hydrogen (secondary N) is 2. The van der Waals surface area contributed by atoms with Crippen LogP contribution >= 0.6 is 11.8 Å². The van der Waals surface area contributed by atoms with Gasteiger partial charge in [-0.1, -0.05) is 18.2 Å². The van der Waals surface area contributed by atoms with Crippen molar-refractivity contribution in [3.63, 3.8) is 0 Å². The third-order valence-electron chi connectivity index (χ3n) is 4.41. The van der Waals surface area contributed by atoms with E-state index in [4.69, 9.17) is 4.74 Å². The van der Waals surface area contributed by atoms with Crippen molar-refractivity contribution in [2.24, 2.45) is 0 Å². The zero-order valence-corrected chi connectivity index (χ0v) is 17.4. The molecule has 0 atom stereocenters. The molecule has 1 amide bonds. The summed E-state index contributed by atoms with van der Waals surface area (Å²) in [7, 11) is -4.09. The first-order valence-electron chi connectivity index (χ1n) is 9.31. The highest BCUT2D eigenvalue weighted by molar-refractivity contribution is 7.99. The van der Waals surface area contributed by atoms with Gasteiger partial charge in [0.25, 0.3) is 15.9 Å². The first kappa shape index (κ1) is 21.6. The summed E-state index contributed by atoms with van der Waals surface area (Å²) < 4.78 is 46.3. The number of anilines is 1. The average Bonchev–Trinajstić information content (AvgIpc) is 2.72. The molecule has 0 unspecified atom stereocenters. The van der Waals surface area contributed by atoms with E-state index in [1.165, 1.54) is 30.3 Å². The molecular weight excluding hydrogens is 415 g/mol. The van der Waals surface area contributed by atoms with E-state index in [1.54, 1.807) is 12.1 Å². The van der Waals surface area contributed by atoms with Gasteiger partial charge in [0.1, 0.15) is 10.7 Å². The van der Waals surface area contributed by atoms with Crippen molar-refractivity contribution in [1.82, 2.24) is 5.32 Å². The van der Waals surface area contributed by atoms with E-state index < -0.39 is 20.7 Å². The molecule has 1 saturated heterocycles. The molecule has 3 rings (SSSR count). The monoisotopic (exact) mass is 438 g/mol. The number of rotatable bonds is 8. The van der Waals surface area contributed by atoms with Crippen molar-refractivity contribution in [1.29, 1.82) is 0 Å². The third kappa shape index (κ3) is 6.19. The Morgan fingerprint density at radius 1 is 1.14 bits per heavy atom. The van der Waals surface area contributed by atoms with Gasteiger partial charge in [0.05, 0.1) is 0 Å². The fraction of sp³-hybridized carbons (Fsp3) is 0.350. The van der Waals surface area contributed by atoms with Crippen molar-refractivity contribution in [3.05, 3.63) is 59.9 Å². The summed E-state index contributed by atoms with van der Waals surface area (Å²) in [6.07, 6.45) is 2.06. The largest absolute Gasteiger partial charge is 0.381 e. The van der Waals surface area contributed by atoms with Gasteiger partial charge in [-0.15, -0.1) is 0 Å². The molecule has 0 aliphatic carbocycles. The van der Waals surface area contributed by atoms with Gasteiger partial charge in [-0.25, -0.2) is 12.8 Å². The Hall–Kier alpha value is -2.10. The van der Waals surface area contributed by atoms with Crippen molar-refractivity contribution in [3.8, 4) is 0 Å². The Balaban J connectivity index is 1.56. The number of carbonyl (C=O) groups is 1. The first-order valence-corrected chi connectivity index (χ1v) is 11.8. The number of ether oxygens (including phenoxy) is 1. The molecule has 1 aliphatic rings. The molecule has 0 aromatic heterocycles. The van der Waals surface area contributed by atoms with E-state index in [9.17, 15) is 17.6 Å². The first-order chi connectivity index (χ1) is 14.0. The lowest BCUT2D eigenvalue weighted by Gasteiger charge is -2.21. The summed E-state index contributed by atoms with van der Waals surface area (Å²) in [6.45, 7) is 2.10. The van der Waals surface area contributed by atoms with E-state index in [1.807, 2.05) is 11.8 Å². The minimum absolute atomic E-state index is 0.192. The lowest BCUT2D eigenvalue weighted by atomic mass is 10.2. The van der Waals surface area contributed by atoms with E-state index in [-0.39, 0.29) is 11.6 Å². The lowest BCUT2D eigenvalue weighted by Crippen LogP contribution is -2.27. The van der Waals surface area contributed by atoms with E-state index in [0.717, 1.165) is 37.9 Å². The summed E-state index contributed by atoms with van der Waals surface area (Å²) in [5.74, 6) is -0.323. The summed E-state index contributed by atoms with van der Waals surface area (Å²) in [6, 6.07) is 11.2. The van der Waals surface area contributed by atoms with Gasteiger partial charge in [0.2, 0.25) is 0 Å². The predicted molar refractivity (Wildman–Crippen MR) is 112 cm³/mol. The molecule has 2 N–H and O–H groups in total. The molecule has 156 valence electrons. The maximum Gasteiger partial charge on any atom is 0.264 e. The summed E-state index contributed by atoms with van der Waals surface area (Å²) in [5, 5.41) is 3.41. The second-order valence-corrected chi connectivity index (χ2v) is 9.61. The maximum atomic E-state index is 13.8. The van der Waals surface area contributed by atoms with Crippen LogP contribution in [0.25, 0.3) is 0 Å². The topological polar surface area (TPSA) is 84.5 Å². The highest BCUT2D eigenvalue weighted by atomic mass is 32.2. The molecule has 2 aromatic rings. The Bertz CT molecular complexity index is 947. The van der Waals surface area contributed by atoms with Crippen LogP contribution in [0.15, 0.2) is 53.4 Å². The highest BCUT2D eigenvalue weighted by Gasteiger charge is 2.19. The minimum atomic E-state index is -4.09. The molecule has 1 aliphatic heterocycles. The fourth-order valence-electron chi connectivity index (χ4n) is 2.93. The summed E-state index contributed by atoms with van der Waals surface area (Å²) in [4.78, 5) is 11.9. The maximum absolute atomic E-state index is 13.8. The standard InChI is InChI=1S/C20H23FN2O4S2/c21-18-6-1-2-7-19(18)29(25,26)23-16-5-3-4-15(14-16)20(24)22-10-13-28-17-8-11-27-12-9-17/h1-7,14,17,23H,8-13H2,(H,22,24). The lowest BCUT2D eigenvalue weighted by molar-refractivity contribution is 0.0955.